The molecule has 3 N–H and O–H groups in total. The van der Waals surface area contributed by atoms with Gasteiger partial charge in [0.15, 0.2) is 11.7 Å². The van der Waals surface area contributed by atoms with Gasteiger partial charge in [0, 0.05) is 6.08 Å². The fourth-order valence-electron chi connectivity index (χ4n) is 2.43. The van der Waals surface area contributed by atoms with Crippen molar-refractivity contribution in [2.24, 2.45) is 0 Å². The summed E-state index contributed by atoms with van der Waals surface area (Å²) in [7, 11) is 0. The lowest BCUT2D eigenvalue weighted by molar-refractivity contribution is -0.123. The summed E-state index contributed by atoms with van der Waals surface area (Å²) < 4.78 is 5.58. The van der Waals surface area contributed by atoms with Crippen LogP contribution < -0.4 is 20.9 Å². The topological polar surface area (TPSA) is 79.5 Å². The molecule has 0 radical (unpaired) electrons. The van der Waals surface area contributed by atoms with Gasteiger partial charge in [-0.25, -0.2) is 0 Å². The monoisotopic (exact) mass is 411 g/mol. The lowest BCUT2D eigenvalue weighted by Gasteiger charge is -2.14. The first-order valence-corrected chi connectivity index (χ1v) is 9.62. The van der Waals surface area contributed by atoms with Crippen LogP contribution in [0, 0.1) is 6.92 Å². The van der Waals surface area contributed by atoms with Crippen molar-refractivity contribution in [2.45, 2.75) is 26.7 Å². The standard InChI is InChI=1S/C22H25N3O3S/c1-15(2)18-6-4-5-7-19(18)28-14-21(27)24-25-22(29)23-20(26)13-12-17-10-8-16(3)9-11-17/h4-13,15H,14H2,1-3H3,(H,24,27)(H2,23,25,26,29). The van der Waals surface area contributed by atoms with Crippen molar-refractivity contribution < 1.29 is 14.3 Å². The maximum absolute atomic E-state index is 11.9. The quantitative estimate of drug-likeness (QED) is 0.386. The highest BCUT2D eigenvalue weighted by molar-refractivity contribution is 7.80. The number of para-hydroxylation sites is 1. The van der Waals surface area contributed by atoms with Crippen LogP contribution in [0.5, 0.6) is 5.75 Å². The number of benzene rings is 2. The Morgan fingerprint density at radius 1 is 1.07 bits per heavy atom. The van der Waals surface area contributed by atoms with Gasteiger partial charge in [0.25, 0.3) is 5.91 Å². The van der Waals surface area contributed by atoms with Gasteiger partial charge in [0.1, 0.15) is 5.75 Å². The normalized spacial score (nSPS) is 10.6. The zero-order valence-corrected chi connectivity index (χ0v) is 17.5. The number of aryl methyl sites for hydroxylation is 1. The van der Waals surface area contributed by atoms with Crippen molar-refractivity contribution in [1.82, 2.24) is 16.2 Å². The van der Waals surface area contributed by atoms with Crippen molar-refractivity contribution in [3.8, 4) is 5.75 Å². The van der Waals surface area contributed by atoms with Crippen LogP contribution in [0.4, 0.5) is 0 Å². The minimum atomic E-state index is -0.421. The zero-order chi connectivity index (χ0) is 21.2. The van der Waals surface area contributed by atoms with E-state index in [2.05, 4.69) is 30.0 Å². The maximum atomic E-state index is 11.9. The number of carbonyl (C=O) groups excluding carboxylic acids is 2. The lowest BCUT2D eigenvalue weighted by atomic mass is 10.0. The second kappa shape index (κ2) is 11.0. The summed E-state index contributed by atoms with van der Waals surface area (Å²) in [4.78, 5) is 23.8. The molecule has 0 fully saturated rings. The van der Waals surface area contributed by atoms with Crippen LogP contribution in [0.1, 0.15) is 36.5 Å². The van der Waals surface area contributed by atoms with Gasteiger partial charge in [-0.1, -0.05) is 61.9 Å². The Bertz CT molecular complexity index is 892. The van der Waals surface area contributed by atoms with E-state index in [1.54, 1.807) is 6.08 Å². The first-order chi connectivity index (χ1) is 13.8. The maximum Gasteiger partial charge on any atom is 0.276 e. The Morgan fingerprint density at radius 2 is 1.76 bits per heavy atom. The summed E-state index contributed by atoms with van der Waals surface area (Å²) in [5, 5.41) is 2.44. The Morgan fingerprint density at radius 3 is 2.45 bits per heavy atom. The van der Waals surface area contributed by atoms with E-state index in [4.69, 9.17) is 17.0 Å². The fourth-order valence-corrected chi connectivity index (χ4v) is 2.58. The number of hydrazine groups is 1. The molecule has 0 heterocycles. The molecule has 2 aromatic carbocycles. The largest absolute Gasteiger partial charge is 0.483 e. The molecule has 0 atom stereocenters. The number of carbonyl (C=O) groups is 2. The Kier molecular flexibility index (Phi) is 8.36. The molecular weight excluding hydrogens is 386 g/mol. The molecule has 7 heteroatoms. The summed E-state index contributed by atoms with van der Waals surface area (Å²) in [6.07, 6.45) is 3.04. The van der Waals surface area contributed by atoms with E-state index < -0.39 is 11.8 Å². The highest BCUT2D eigenvalue weighted by atomic mass is 32.1. The van der Waals surface area contributed by atoms with Gasteiger partial charge in [-0.05, 0) is 48.3 Å². The van der Waals surface area contributed by atoms with E-state index >= 15 is 0 Å². The molecule has 0 aromatic heterocycles. The predicted octanol–water partition coefficient (Wildman–Crippen LogP) is 3.23. The molecule has 0 spiro atoms. The Balaban J connectivity index is 1.73. The number of amides is 2. The zero-order valence-electron chi connectivity index (χ0n) is 16.7. The molecule has 0 aliphatic rings. The van der Waals surface area contributed by atoms with Crippen molar-refractivity contribution in [3.05, 3.63) is 71.3 Å². The van der Waals surface area contributed by atoms with Gasteiger partial charge < -0.3 is 4.74 Å². The molecule has 2 amide bonds. The number of rotatable bonds is 6. The third-order valence-electron chi connectivity index (χ3n) is 3.96. The SMILES string of the molecule is Cc1ccc(C=CC(=O)NC(=S)NNC(=O)COc2ccccc2C(C)C)cc1. The van der Waals surface area contributed by atoms with E-state index in [9.17, 15) is 9.59 Å². The third-order valence-corrected chi connectivity index (χ3v) is 4.16. The van der Waals surface area contributed by atoms with Crippen LogP contribution in [0.2, 0.25) is 0 Å². The van der Waals surface area contributed by atoms with E-state index in [1.165, 1.54) is 6.08 Å². The molecule has 0 saturated carbocycles. The predicted molar refractivity (Wildman–Crippen MR) is 118 cm³/mol. The molecule has 29 heavy (non-hydrogen) atoms. The first kappa shape index (κ1) is 22.1. The van der Waals surface area contributed by atoms with E-state index in [0.29, 0.717) is 5.75 Å². The summed E-state index contributed by atoms with van der Waals surface area (Å²) in [6.45, 7) is 5.92. The smallest absolute Gasteiger partial charge is 0.276 e. The van der Waals surface area contributed by atoms with Crippen molar-refractivity contribution in [1.29, 1.82) is 0 Å². The highest BCUT2D eigenvalue weighted by Gasteiger charge is 2.09. The fraction of sp³-hybridized carbons (Fsp3) is 0.227. The average molecular weight is 412 g/mol. The van der Waals surface area contributed by atoms with Crippen LogP contribution in [-0.2, 0) is 9.59 Å². The van der Waals surface area contributed by atoms with Crippen molar-refractivity contribution in [3.63, 3.8) is 0 Å². The van der Waals surface area contributed by atoms with Crippen LogP contribution in [0.3, 0.4) is 0 Å². The minimum absolute atomic E-state index is 0.0144. The van der Waals surface area contributed by atoms with Gasteiger partial charge in [0.05, 0.1) is 0 Å². The molecule has 0 aliphatic heterocycles. The lowest BCUT2D eigenvalue weighted by Crippen LogP contribution is -2.49. The third kappa shape index (κ3) is 7.75. The highest BCUT2D eigenvalue weighted by Crippen LogP contribution is 2.25. The summed E-state index contributed by atoms with van der Waals surface area (Å²) >= 11 is 5.00. The molecule has 0 bridgehead atoms. The number of nitrogens with one attached hydrogen (secondary N) is 3. The average Bonchev–Trinajstić information content (AvgIpc) is 2.70. The van der Waals surface area contributed by atoms with E-state index in [1.807, 2.05) is 55.5 Å². The molecule has 0 aliphatic carbocycles. The second-order valence-electron chi connectivity index (χ2n) is 6.72. The number of thiocarbonyl (C=S) groups is 1. The molecular formula is C22H25N3O3S. The van der Waals surface area contributed by atoms with E-state index in [0.717, 1.165) is 16.7 Å². The van der Waals surface area contributed by atoms with Crippen LogP contribution in [0.25, 0.3) is 6.08 Å². The van der Waals surface area contributed by atoms with Crippen molar-refractivity contribution >= 4 is 35.2 Å². The summed E-state index contributed by atoms with van der Waals surface area (Å²) in [5.41, 5.74) is 7.94. The molecule has 0 saturated heterocycles. The minimum Gasteiger partial charge on any atom is -0.483 e. The second-order valence-corrected chi connectivity index (χ2v) is 7.13. The van der Waals surface area contributed by atoms with Gasteiger partial charge in [-0.15, -0.1) is 0 Å². The molecule has 6 nitrogen and oxygen atoms in total. The summed E-state index contributed by atoms with van der Waals surface area (Å²) in [5.74, 6) is 0.118. The molecule has 2 rings (SSSR count). The number of hydrogen-bond donors (Lipinski definition) is 3. The van der Waals surface area contributed by atoms with Gasteiger partial charge >= 0.3 is 0 Å². The summed E-state index contributed by atoms with van der Waals surface area (Å²) in [6, 6.07) is 15.3. The number of ether oxygens (including phenoxy) is 1. The molecule has 152 valence electrons. The number of hydrogen-bond acceptors (Lipinski definition) is 4. The Hall–Kier alpha value is -3.19. The van der Waals surface area contributed by atoms with Gasteiger partial charge in [0.2, 0.25) is 5.91 Å². The van der Waals surface area contributed by atoms with E-state index in [-0.39, 0.29) is 17.6 Å². The van der Waals surface area contributed by atoms with Gasteiger partial charge in [-0.3, -0.25) is 25.8 Å². The molecule has 0 unspecified atom stereocenters. The van der Waals surface area contributed by atoms with Crippen LogP contribution in [-0.4, -0.2) is 23.5 Å². The van der Waals surface area contributed by atoms with Gasteiger partial charge in [-0.2, -0.15) is 0 Å². The van der Waals surface area contributed by atoms with Crippen LogP contribution >= 0.6 is 12.2 Å². The Labute approximate surface area is 176 Å². The van der Waals surface area contributed by atoms with Crippen molar-refractivity contribution in [2.75, 3.05) is 6.61 Å². The first-order valence-electron chi connectivity index (χ1n) is 9.21. The van der Waals surface area contributed by atoms with Crippen LogP contribution in [0.15, 0.2) is 54.6 Å². The molecule has 2 aromatic rings.